The molecule has 46 heavy (non-hydrogen) atoms. The number of benzene rings is 6. The first kappa shape index (κ1) is 26.1. The quantitative estimate of drug-likeness (QED) is 0.200. The van der Waals surface area contributed by atoms with Gasteiger partial charge in [0.15, 0.2) is 11.4 Å². The molecule has 0 bridgehead atoms. The lowest BCUT2D eigenvalue weighted by molar-refractivity contribution is 0.620. The van der Waals surface area contributed by atoms with Crippen LogP contribution in [0.15, 0.2) is 162 Å². The molecule has 0 N–H and O–H groups in total. The summed E-state index contributed by atoms with van der Waals surface area (Å²) in [6, 6.07) is 54.0. The normalized spacial score (nSPS) is 11.5. The highest BCUT2D eigenvalue weighted by Crippen LogP contribution is 2.36. The second-order valence-corrected chi connectivity index (χ2v) is 11.3. The van der Waals surface area contributed by atoms with Crippen LogP contribution in [0.5, 0.6) is 0 Å². The Hall–Kier alpha value is -6.33. The Kier molecular flexibility index (Phi) is 6.06. The standard InChI is InChI=1S/C41H26N4O/c1-4-12-27(13-5-1)35-26-36(43-40(42-35)30-21-23-34-39(25-30)46-41(44-34)28-14-6-2-7-15-28)29-20-22-33-32-18-10-11-19-37(32)45(38(33)24-29)31-16-8-3-9-17-31/h1-26H. The van der Waals surface area contributed by atoms with E-state index >= 15 is 0 Å². The van der Waals surface area contributed by atoms with E-state index in [0.29, 0.717) is 17.3 Å². The molecular weight excluding hydrogens is 564 g/mol. The fourth-order valence-electron chi connectivity index (χ4n) is 6.23. The molecule has 0 aliphatic carbocycles. The van der Waals surface area contributed by atoms with E-state index in [2.05, 4.69) is 95.6 Å². The zero-order valence-electron chi connectivity index (χ0n) is 24.7. The first-order chi connectivity index (χ1) is 22.8. The van der Waals surface area contributed by atoms with Crippen molar-refractivity contribution in [3.05, 3.63) is 158 Å². The molecule has 0 radical (unpaired) electrons. The minimum Gasteiger partial charge on any atom is -0.436 e. The van der Waals surface area contributed by atoms with E-state index in [1.807, 2.05) is 66.7 Å². The molecule has 9 aromatic rings. The average Bonchev–Trinajstić information content (AvgIpc) is 3.71. The van der Waals surface area contributed by atoms with Gasteiger partial charge in [-0.3, -0.25) is 0 Å². The van der Waals surface area contributed by atoms with E-state index in [9.17, 15) is 0 Å². The van der Waals surface area contributed by atoms with Gasteiger partial charge in [-0.15, -0.1) is 0 Å². The molecular formula is C41H26N4O. The van der Waals surface area contributed by atoms with Crippen molar-refractivity contribution < 1.29 is 4.42 Å². The Labute approximate surface area is 265 Å². The predicted octanol–water partition coefficient (Wildman–Crippen LogP) is 10.4. The summed E-state index contributed by atoms with van der Waals surface area (Å²) in [6.45, 7) is 0. The van der Waals surface area contributed by atoms with Crippen LogP contribution in [0.25, 0.3) is 83.9 Å². The summed E-state index contributed by atoms with van der Waals surface area (Å²) < 4.78 is 8.54. The van der Waals surface area contributed by atoms with Gasteiger partial charge in [-0.05, 0) is 60.7 Å². The van der Waals surface area contributed by atoms with E-state index in [1.54, 1.807) is 0 Å². The number of nitrogens with zero attached hydrogens (tertiary/aromatic N) is 4. The Morgan fingerprint density at radius 2 is 1.07 bits per heavy atom. The number of oxazole rings is 1. The third kappa shape index (κ3) is 4.45. The molecule has 0 atom stereocenters. The van der Waals surface area contributed by atoms with Crippen LogP contribution >= 0.6 is 0 Å². The highest BCUT2D eigenvalue weighted by molar-refractivity contribution is 6.10. The molecule has 0 saturated heterocycles. The monoisotopic (exact) mass is 590 g/mol. The maximum atomic E-state index is 6.21. The highest BCUT2D eigenvalue weighted by atomic mass is 16.3. The molecule has 0 aliphatic rings. The molecule has 5 nitrogen and oxygen atoms in total. The molecule has 0 fully saturated rings. The van der Waals surface area contributed by atoms with Crippen LogP contribution in [-0.4, -0.2) is 19.5 Å². The molecule has 9 rings (SSSR count). The van der Waals surface area contributed by atoms with Crippen LogP contribution in [0.1, 0.15) is 0 Å². The van der Waals surface area contributed by atoms with Gasteiger partial charge in [0.25, 0.3) is 0 Å². The van der Waals surface area contributed by atoms with Crippen LogP contribution in [0, 0.1) is 0 Å². The van der Waals surface area contributed by atoms with Gasteiger partial charge >= 0.3 is 0 Å². The zero-order chi connectivity index (χ0) is 30.5. The van der Waals surface area contributed by atoms with Crippen molar-refractivity contribution in [2.45, 2.75) is 0 Å². The molecule has 5 heteroatoms. The van der Waals surface area contributed by atoms with Gasteiger partial charge in [0, 0.05) is 38.7 Å². The van der Waals surface area contributed by atoms with E-state index < -0.39 is 0 Å². The largest absolute Gasteiger partial charge is 0.436 e. The van der Waals surface area contributed by atoms with Crippen molar-refractivity contribution in [3.63, 3.8) is 0 Å². The Morgan fingerprint density at radius 3 is 1.85 bits per heavy atom. The predicted molar refractivity (Wildman–Crippen MR) is 186 cm³/mol. The Bertz CT molecular complexity index is 2520. The SMILES string of the molecule is c1ccc(-c2cc(-c3ccc4c5ccccc5n(-c5ccccc5)c4c3)nc(-c3ccc4nc(-c5ccccc5)oc4c3)n2)cc1. The Morgan fingerprint density at radius 1 is 0.435 bits per heavy atom. The van der Waals surface area contributed by atoms with Crippen LogP contribution in [-0.2, 0) is 0 Å². The smallest absolute Gasteiger partial charge is 0.227 e. The van der Waals surface area contributed by atoms with E-state index in [0.717, 1.165) is 50.4 Å². The van der Waals surface area contributed by atoms with Crippen molar-refractivity contribution in [2.24, 2.45) is 0 Å². The molecule has 3 aromatic heterocycles. The van der Waals surface area contributed by atoms with Gasteiger partial charge in [0.2, 0.25) is 5.89 Å². The van der Waals surface area contributed by atoms with Gasteiger partial charge in [-0.1, -0.05) is 97.1 Å². The van der Waals surface area contributed by atoms with Crippen molar-refractivity contribution >= 4 is 32.9 Å². The lowest BCUT2D eigenvalue weighted by Crippen LogP contribution is -1.97. The number of para-hydroxylation sites is 2. The minimum absolute atomic E-state index is 0.592. The summed E-state index contributed by atoms with van der Waals surface area (Å²) in [5.74, 6) is 1.22. The van der Waals surface area contributed by atoms with Crippen LogP contribution in [0.4, 0.5) is 0 Å². The molecule has 0 saturated carbocycles. The third-order valence-corrected chi connectivity index (χ3v) is 8.45. The molecule has 6 aromatic carbocycles. The summed E-state index contributed by atoms with van der Waals surface area (Å²) in [7, 11) is 0. The molecule has 3 heterocycles. The number of fused-ring (bicyclic) bond motifs is 4. The number of hydrogen-bond donors (Lipinski definition) is 0. The summed E-state index contributed by atoms with van der Waals surface area (Å²) in [6.07, 6.45) is 0. The van der Waals surface area contributed by atoms with Gasteiger partial charge in [0.1, 0.15) is 5.52 Å². The van der Waals surface area contributed by atoms with Gasteiger partial charge in [-0.25, -0.2) is 15.0 Å². The van der Waals surface area contributed by atoms with E-state index in [-0.39, 0.29) is 0 Å². The van der Waals surface area contributed by atoms with Crippen molar-refractivity contribution in [1.82, 2.24) is 19.5 Å². The van der Waals surface area contributed by atoms with Crippen molar-refractivity contribution in [3.8, 4) is 51.0 Å². The molecule has 0 amide bonds. The topological polar surface area (TPSA) is 56.7 Å². The fraction of sp³-hybridized carbons (Fsp3) is 0. The maximum absolute atomic E-state index is 6.21. The third-order valence-electron chi connectivity index (χ3n) is 8.45. The number of rotatable bonds is 5. The lowest BCUT2D eigenvalue weighted by Gasteiger charge is -2.11. The first-order valence-electron chi connectivity index (χ1n) is 15.3. The lowest BCUT2D eigenvalue weighted by atomic mass is 10.0. The Balaban J connectivity index is 1.23. The summed E-state index contributed by atoms with van der Waals surface area (Å²) in [5.41, 5.74) is 10.4. The van der Waals surface area contributed by atoms with Gasteiger partial charge in [-0.2, -0.15) is 0 Å². The summed E-state index contributed by atoms with van der Waals surface area (Å²) in [5, 5.41) is 2.42. The van der Waals surface area contributed by atoms with Crippen molar-refractivity contribution in [1.29, 1.82) is 0 Å². The number of hydrogen-bond acceptors (Lipinski definition) is 4. The van der Waals surface area contributed by atoms with Crippen LogP contribution < -0.4 is 0 Å². The summed E-state index contributed by atoms with van der Waals surface area (Å²) >= 11 is 0. The van der Waals surface area contributed by atoms with Crippen molar-refractivity contribution in [2.75, 3.05) is 0 Å². The fourth-order valence-corrected chi connectivity index (χ4v) is 6.23. The second kappa shape index (κ2) is 10.7. The van der Waals surface area contributed by atoms with E-state index in [4.69, 9.17) is 19.4 Å². The molecule has 0 aliphatic heterocycles. The zero-order valence-corrected chi connectivity index (χ0v) is 24.7. The number of aromatic nitrogens is 4. The molecule has 0 unspecified atom stereocenters. The molecule has 0 spiro atoms. The van der Waals surface area contributed by atoms with Gasteiger partial charge < -0.3 is 8.98 Å². The average molecular weight is 591 g/mol. The minimum atomic E-state index is 0.592. The van der Waals surface area contributed by atoms with Crippen LogP contribution in [0.2, 0.25) is 0 Å². The molecule has 216 valence electrons. The maximum Gasteiger partial charge on any atom is 0.227 e. The summed E-state index contributed by atoms with van der Waals surface area (Å²) in [4.78, 5) is 14.9. The van der Waals surface area contributed by atoms with E-state index in [1.165, 1.54) is 16.3 Å². The van der Waals surface area contributed by atoms with Gasteiger partial charge in [0.05, 0.1) is 22.4 Å². The second-order valence-electron chi connectivity index (χ2n) is 11.3. The van der Waals surface area contributed by atoms with Crippen LogP contribution in [0.3, 0.4) is 0 Å². The first-order valence-corrected chi connectivity index (χ1v) is 15.3. The highest BCUT2D eigenvalue weighted by Gasteiger charge is 2.17.